The van der Waals surface area contributed by atoms with E-state index in [0.29, 0.717) is 12.5 Å². The van der Waals surface area contributed by atoms with E-state index in [2.05, 4.69) is 24.1 Å². The van der Waals surface area contributed by atoms with Gasteiger partial charge in [0.1, 0.15) is 5.01 Å². The Morgan fingerprint density at radius 2 is 2.06 bits per heavy atom. The van der Waals surface area contributed by atoms with Crippen LogP contribution in [0.3, 0.4) is 0 Å². The molecular formula is C12H22N2O2S. The van der Waals surface area contributed by atoms with E-state index in [4.69, 9.17) is 9.47 Å². The lowest BCUT2D eigenvalue weighted by atomic mass is 10.1. The average Bonchev–Trinajstić information content (AvgIpc) is 2.68. The van der Waals surface area contributed by atoms with Crippen LogP contribution in [0, 0.1) is 0 Å². The largest absolute Gasteiger partial charge is 0.383 e. The van der Waals surface area contributed by atoms with Gasteiger partial charge in [0.2, 0.25) is 0 Å². The molecule has 98 valence electrons. The maximum Gasteiger partial charge on any atom is 0.119 e. The highest BCUT2D eigenvalue weighted by molar-refractivity contribution is 7.11. The van der Waals surface area contributed by atoms with Crippen LogP contribution in [0.25, 0.3) is 0 Å². The van der Waals surface area contributed by atoms with Crippen LogP contribution in [0.4, 0.5) is 0 Å². The minimum atomic E-state index is 0.455. The van der Waals surface area contributed by atoms with Crippen molar-refractivity contribution in [1.82, 2.24) is 10.3 Å². The van der Waals surface area contributed by atoms with Crippen molar-refractivity contribution in [2.45, 2.75) is 32.9 Å². The smallest absolute Gasteiger partial charge is 0.119 e. The van der Waals surface area contributed by atoms with Gasteiger partial charge >= 0.3 is 0 Å². The van der Waals surface area contributed by atoms with E-state index >= 15 is 0 Å². The maximum absolute atomic E-state index is 5.13. The van der Waals surface area contributed by atoms with E-state index in [1.807, 2.05) is 0 Å². The molecule has 1 aromatic heterocycles. The number of nitrogens with one attached hydrogen (secondary N) is 1. The second-order valence-corrected chi connectivity index (χ2v) is 5.34. The molecule has 5 heteroatoms. The first-order valence-electron chi connectivity index (χ1n) is 5.86. The third-order valence-corrected chi connectivity index (χ3v) is 3.40. The summed E-state index contributed by atoms with van der Waals surface area (Å²) in [7, 11) is 3.41. The number of hydrogen-bond donors (Lipinski definition) is 1. The highest BCUT2D eigenvalue weighted by Crippen LogP contribution is 2.25. The molecule has 1 aromatic rings. The second kappa shape index (κ2) is 7.76. The van der Waals surface area contributed by atoms with Crippen molar-refractivity contribution < 1.29 is 9.47 Å². The molecule has 0 aliphatic heterocycles. The second-order valence-electron chi connectivity index (χ2n) is 4.17. The summed E-state index contributed by atoms with van der Waals surface area (Å²) in [6.07, 6.45) is 0. The molecule has 0 unspecified atom stereocenters. The van der Waals surface area contributed by atoms with E-state index in [1.165, 1.54) is 10.6 Å². The normalized spacial score (nSPS) is 11.4. The fourth-order valence-corrected chi connectivity index (χ4v) is 2.72. The van der Waals surface area contributed by atoms with Gasteiger partial charge in [-0.15, -0.1) is 11.3 Å². The van der Waals surface area contributed by atoms with Crippen LogP contribution >= 0.6 is 11.3 Å². The van der Waals surface area contributed by atoms with Crippen LogP contribution in [-0.2, 0) is 22.6 Å². The Morgan fingerprint density at radius 3 is 2.65 bits per heavy atom. The number of methoxy groups -OCH3 is 2. The number of thiazole rings is 1. The average molecular weight is 258 g/mol. The Labute approximate surface area is 107 Å². The fourth-order valence-electron chi connectivity index (χ4n) is 1.55. The highest BCUT2D eigenvalue weighted by Gasteiger charge is 2.13. The molecule has 1 N–H and O–H groups in total. The molecule has 0 aliphatic rings. The Kier molecular flexibility index (Phi) is 6.65. The predicted octanol–water partition coefficient (Wildman–Crippen LogP) is 2.15. The van der Waals surface area contributed by atoms with E-state index in [0.717, 1.165) is 24.7 Å². The molecule has 4 nitrogen and oxygen atoms in total. The topological polar surface area (TPSA) is 43.4 Å². The van der Waals surface area contributed by atoms with Gasteiger partial charge in [0, 0.05) is 32.2 Å². The molecule has 17 heavy (non-hydrogen) atoms. The third-order valence-electron chi connectivity index (χ3n) is 2.36. The molecule has 0 saturated carbocycles. The quantitative estimate of drug-likeness (QED) is 0.726. The SMILES string of the molecule is COCCNCc1sc(COC)nc1C(C)C. The van der Waals surface area contributed by atoms with Gasteiger partial charge in [-0.05, 0) is 5.92 Å². The van der Waals surface area contributed by atoms with Gasteiger partial charge in [-0.25, -0.2) is 4.98 Å². The zero-order chi connectivity index (χ0) is 12.7. The van der Waals surface area contributed by atoms with Crippen LogP contribution in [-0.4, -0.2) is 32.4 Å². The fraction of sp³-hybridized carbons (Fsp3) is 0.750. The first-order chi connectivity index (χ1) is 8.19. The Balaban J connectivity index is 2.60. The summed E-state index contributed by atoms with van der Waals surface area (Å²) < 4.78 is 10.1. The van der Waals surface area contributed by atoms with Gasteiger partial charge in [-0.1, -0.05) is 13.8 Å². The highest BCUT2D eigenvalue weighted by atomic mass is 32.1. The van der Waals surface area contributed by atoms with Crippen molar-refractivity contribution in [3.8, 4) is 0 Å². The lowest BCUT2D eigenvalue weighted by Crippen LogP contribution is -2.18. The van der Waals surface area contributed by atoms with Crippen molar-refractivity contribution in [1.29, 1.82) is 0 Å². The molecule has 1 rings (SSSR count). The molecular weight excluding hydrogens is 236 g/mol. The molecule has 0 fully saturated rings. The van der Waals surface area contributed by atoms with Gasteiger partial charge in [0.05, 0.1) is 18.9 Å². The van der Waals surface area contributed by atoms with Crippen molar-refractivity contribution in [2.24, 2.45) is 0 Å². The zero-order valence-corrected chi connectivity index (χ0v) is 11.9. The van der Waals surface area contributed by atoms with Crippen LogP contribution in [0.15, 0.2) is 0 Å². The molecule has 0 saturated heterocycles. The van der Waals surface area contributed by atoms with E-state index < -0.39 is 0 Å². The van der Waals surface area contributed by atoms with E-state index in [1.54, 1.807) is 25.6 Å². The Hall–Kier alpha value is -0.490. The summed E-state index contributed by atoms with van der Waals surface area (Å²) in [5.41, 5.74) is 1.19. The lowest BCUT2D eigenvalue weighted by molar-refractivity contribution is 0.184. The number of nitrogens with zero attached hydrogens (tertiary/aromatic N) is 1. The predicted molar refractivity (Wildman–Crippen MR) is 70.5 cm³/mol. The van der Waals surface area contributed by atoms with Gasteiger partial charge < -0.3 is 14.8 Å². The minimum Gasteiger partial charge on any atom is -0.383 e. The molecule has 0 amide bonds. The summed E-state index contributed by atoms with van der Waals surface area (Å²) in [5, 5.41) is 4.41. The first kappa shape index (κ1) is 14.6. The van der Waals surface area contributed by atoms with Gasteiger partial charge in [-0.3, -0.25) is 0 Å². The van der Waals surface area contributed by atoms with E-state index in [-0.39, 0.29) is 0 Å². The lowest BCUT2D eigenvalue weighted by Gasteiger charge is -2.06. The zero-order valence-electron chi connectivity index (χ0n) is 11.1. The van der Waals surface area contributed by atoms with Crippen molar-refractivity contribution in [3.63, 3.8) is 0 Å². The molecule has 0 bridgehead atoms. The van der Waals surface area contributed by atoms with Gasteiger partial charge in [0.15, 0.2) is 0 Å². The third kappa shape index (κ3) is 4.71. The maximum atomic E-state index is 5.13. The van der Waals surface area contributed by atoms with Crippen molar-refractivity contribution in [3.05, 3.63) is 15.6 Å². The summed E-state index contributed by atoms with van der Waals surface area (Å²) in [6, 6.07) is 0. The molecule has 0 aromatic carbocycles. The molecule has 0 aliphatic carbocycles. The molecule has 0 spiro atoms. The van der Waals surface area contributed by atoms with E-state index in [9.17, 15) is 0 Å². The van der Waals surface area contributed by atoms with Crippen LogP contribution < -0.4 is 5.32 Å². The first-order valence-corrected chi connectivity index (χ1v) is 6.67. The van der Waals surface area contributed by atoms with Gasteiger partial charge in [-0.2, -0.15) is 0 Å². The van der Waals surface area contributed by atoms with Gasteiger partial charge in [0.25, 0.3) is 0 Å². The minimum absolute atomic E-state index is 0.455. The molecule has 0 radical (unpaired) electrons. The number of aromatic nitrogens is 1. The summed E-state index contributed by atoms with van der Waals surface area (Å²) in [6.45, 7) is 7.40. The summed E-state index contributed by atoms with van der Waals surface area (Å²) >= 11 is 1.73. The Bertz CT molecular complexity index is 326. The molecule has 1 heterocycles. The van der Waals surface area contributed by atoms with Crippen molar-refractivity contribution >= 4 is 11.3 Å². The summed E-state index contributed by atoms with van der Waals surface area (Å²) in [5.74, 6) is 0.455. The standard InChI is InChI=1S/C12H22N2O2S/c1-9(2)12-10(7-13-5-6-15-3)17-11(14-12)8-16-4/h9,13H,5-8H2,1-4H3. The Morgan fingerprint density at radius 1 is 1.29 bits per heavy atom. The number of hydrogen-bond acceptors (Lipinski definition) is 5. The van der Waals surface area contributed by atoms with Crippen molar-refractivity contribution in [2.75, 3.05) is 27.4 Å². The van der Waals surface area contributed by atoms with Crippen LogP contribution in [0.1, 0.15) is 35.3 Å². The van der Waals surface area contributed by atoms with Crippen LogP contribution in [0.5, 0.6) is 0 Å². The monoisotopic (exact) mass is 258 g/mol. The number of rotatable bonds is 8. The number of ether oxygens (including phenoxy) is 2. The van der Waals surface area contributed by atoms with Crippen LogP contribution in [0.2, 0.25) is 0 Å². The summed E-state index contributed by atoms with van der Waals surface area (Å²) in [4.78, 5) is 5.93. The molecule has 0 atom stereocenters.